The Kier molecular flexibility index (Phi) is 6.12. The Morgan fingerprint density at radius 2 is 1.78 bits per heavy atom. The maximum Gasteiger partial charge on any atom is 0.251 e. The highest BCUT2D eigenvalue weighted by atomic mass is 16.2. The summed E-state index contributed by atoms with van der Waals surface area (Å²) in [4.78, 5) is 28.3. The number of anilines is 2. The minimum Gasteiger partial charge on any atom is -0.375 e. The Morgan fingerprint density at radius 1 is 1.07 bits per heavy atom. The Hall–Kier alpha value is -2.82. The van der Waals surface area contributed by atoms with Crippen LogP contribution in [0.15, 0.2) is 48.5 Å². The van der Waals surface area contributed by atoms with Gasteiger partial charge >= 0.3 is 0 Å². The molecule has 0 spiro atoms. The summed E-state index contributed by atoms with van der Waals surface area (Å²) in [6.07, 6.45) is 2.66. The van der Waals surface area contributed by atoms with Crippen molar-refractivity contribution in [2.75, 3.05) is 29.9 Å². The summed E-state index contributed by atoms with van der Waals surface area (Å²) in [5.41, 5.74) is 3.69. The van der Waals surface area contributed by atoms with Crippen molar-refractivity contribution in [1.29, 1.82) is 0 Å². The Balaban J connectivity index is 1.56. The average molecular weight is 365 g/mol. The fraction of sp³-hybridized carbons (Fsp3) is 0.364. The summed E-state index contributed by atoms with van der Waals surface area (Å²) < 4.78 is 0. The number of hydrogen-bond acceptors (Lipinski definition) is 3. The molecule has 2 aromatic rings. The van der Waals surface area contributed by atoms with E-state index in [4.69, 9.17) is 0 Å². The molecule has 27 heavy (non-hydrogen) atoms. The molecule has 1 saturated heterocycles. The molecule has 142 valence electrons. The van der Waals surface area contributed by atoms with E-state index < -0.39 is 0 Å². The summed E-state index contributed by atoms with van der Waals surface area (Å²) in [7, 11) is 2.02. The lowest BCUT2D eigenvalue weighted by atomic mass is 10.1. The van der Waals surface area contributed by atoms with E-state index in [1.54, 1.807) is 0 Å². The van der Waals surface area contributed by atoms with Gasteiger partial charge in [0.2, 0.25) is 5.91 Å². The number of nitrogens with zero attached hydrogens (tertiary/aromatic N) is 2. The van der Waals surface area contributed by atoms with Gasteiger partial charge in [-0.25, -0.2) is 0 Å². The average Bonchev–Trinajstić information content (AvgIpc) is 2.72. The van der Waals surface area contributed by atoms with Gasteiger partial charge in [0.25, 0.3) is 5.91 Å². The van der Waals surface area contributed by atoms with Gasteiger partial charge in [-0.3, -0.25) is 9.59 Å². The Bertz CT molecular complexity index is 784. The molecule has 1 fully saturated rings. The number of benzene rings is 2. The summed E-state index contributed by atoms with van der Waals surface area (Å²) in [6, 6.07) is 15.5. The van der Waals surface area contributed by atoms with Crippen LogP contribution in [0.1, 0.15) is 42.1 Å². The molecule has 1 aliphatic rings. The zero-order valence-electron chi connectivity index (χ0n) is 16.1. The molecular formula is C22H27N3O2. The SMILES string of the molecule is CCN(C)c1ccc(C(=O)NCc2ccc(N3CCCCC3=O)cc2)cc1. The van der Waals surface area contributed by atoms with Crippen LogP contribution in [0.3, 0.4) is 0 Å². The van der Waals surface area contributed by atoms with Gasteiger partial charge in [0.1, 0.15) is 0 Å². The van der Waals surface area contributed by atoms with E-state index in [1.165, 1.54) is 0 Å². The van der Waals surface area contributed by atoms with E-state index in [0.717, 1.165) is 42.9 Å². The predicted molar refractivity (Wildman–Crippen MR) is 109 cm³/mol. The second-order valence-corrected chi connectivity index (χ2v) is 6.91. The molecule has 3 rings (SSSR count). The normalized spacial score (nSPS) is 14.1. The van der Waals surface area contributed by atoms with Crippen LogP contribution in [0.2, 0.25) is 0 Å². The number of amides is 2. The van der Waals surface area contributed by atoms with Crippen molar-refractivity contribution in [3.05, 3.63) is 59.7 Å². The number of carbonyl (C=O) groups excluding carboxylic acids is 2. The highest BCUT2D eigenvalue weighted by Gasteiger charge is 2.19. The van der Waals surface area contributed by atoms with Gasteiger partial charge in [-0.05, 0) is 61.7 Å². The van der Waals surface area contributed by atoms with E-state index in [9.17, 15) is 9.59 Å². The molecule has 0 saturated carbocycles. The topological polar surface area (TPSA) is 52.7 Å². The van der Waals surface area contributed by atoms with Crippen molar-refractivity contribution < 1.29 is 9.59 Å². The first-order chi connectivity index (χ1) is 13.1. The Morgan fingerprint density at radius 3 is 2.41 bits per heavy atom. The van der Waals surface area contributed by atoms with Crippen LogP contribution in [0.4, 0.5) is 11.4 Å². The zero-order chi connectivity index (χ0) is 19.2. The van der Waals surface area contributed by atoms with Crippen LogP contribution in [-0.4, -0.2) is 32.0 Å². The van der Waals surface area contributed by atoms with Crippen molar-refractivity contribution in [2.45, 2.75) is 32.7 Å². The summed E-state index contributed by atoms with van der Waals surface area (Å²) in [5.74, 6) is 0.107. The molecule has 0 radical (unpaired) electrons. The van der Waals surface area contributed by atoms with Gasteiger partial charge in [0.15, 0.2) is 0 Å². The molecule has 2 amide bonds. The summed E-state index contributed by atoms with van der Waals surface area (Å²) in [5, 5.41) is 2.95. The predicted octanol–water partition coefficient (Wildman–Crippen LogP) is 3.59. The minimum atomic E-state index is -0.0870. The van der Waals surface area contributed by atoms with Gasteiger partial charge in [-0.2, -0.15) is 0 Å². The lowest BCUT2D eigenvalue weighted by molar-refractivity contribution is -0.119. The number of piperidine rings is 1. The maximum absolute atomic E-state index is 12.3. The fourth-order valence-corrected chi connectivity index (χ4v) is 3.21. The van der Waals surface area contributed by atoms with Crippen LogP contribution >= 0.6 is 0 Å². The first kappa shape index (κ1) is 19.0. The van der Waals surface area contributed by atoms with E-state index in [0.29, 0.717) is 18.5 Å². The molecule has 0 unspecified atom stereocenters. The fourth-order valence-electron chi connectivity index (χ4n) is 3.21. The third-order valence-electron chi connectivity index (χ3n) is 5.07. The highest BCUT2D eigenvalue weighted by Crippen LogP contribution is 2.21. The quantitative estimate of drug-likeness (QED) is 0.851. The smallest absolute Gasteiger partial charge is 0.251 e. The third kappa shape index (κ3) is 4.67. The first-order valence-corrected chi connectivity index (χ1v) is 9.57. The molecule has 1 N–H and O–H groups in total. The molecule has 1 aliphatic heterocycles. The maximum atomic E-state index is 12.3. The monoisotopic (exact) mass is 365 g/mol. The molecule has 0 aliphatic carbocycles. The standard InChI is InChI=1S/C22H27N3O2/c1-3-24(2)19-13-9-18(10-14-19)22(27)23-16-17-7-11-20(12-8-17)25-15-5-4-6-21(25)26/h7-14H,3-6,15-16H2,1-2H3,(H,23,27). The Labute approximate surface area is 161 Å². The molecule has 0 atom stereocenters. The highest BCUT2D eigenvalue weighted by molar-refractivity contribution is 5.95. The second kappa shape index (κ2) is 8.71. The molecule has 0 bridgehead atoms. The van der Waals surface area contributed by atoms with Gasteiger partial charge in [-0.15, -0.1) is 0 Å². The summed E-state index contributed by atoms with van der Waals surface area (Å²) >= 11 is 0. The van der Waals surface area contributed by atoms with Crippen LogP contribution in [0.25, 0.3) is 0 Å². The number of hydrogen-bond donors (Lipinski definition) is 1. The molecule has 1 heterocycles. The number of nitrogens with one attached hydrogen (secondary N) is 1. The first-order valence-electron chi connectivity index (χ1n) is 9.57. The van der Waals surface area contributed by atoms with Crippen LogP contribution in [0, 0.1) is 0 Å². The summed E-state index contributed by atoms with van der Waals surface area (Å²) in [6.45, 7) is 4.26. The van der Waals surface area contributed by atoms with E-state index in [2.05, 4.69) is 17.1 Å². The van der Waals surface area contributed by atoms with Crippen molar-refractivity contribution in [3.63, 3.8) is 0 Å². The molecule has 5 nitrogen and oxygen atoms in total. The second-order valence-electron chi connectivity index (χ2n) is 6.91. The molecular weight excluding hydrogens is 338 g/mol. The van der Waals surface area contributed by atoms with E-state index >= 15 is 0 Å². The van der Waals surface area contributed by atoms with Gasteiger partial charge in [0.05, 0.1) is 0 Å². The van der Waals surface area contributed by atoms with E-state index in [1.807, 2.05) is 60.5 Å². The van der Waals surface area contributed by atoms with Crippen molar-refractivity contribution in [2.24, 2.45) is 0 Å². The molecule has 2 aromatic carbocycles. The number of carbonyl (C=O) groups is 2. The van der Waals surface area contributed by atoms with Crippen LogP contribution in [-0.2, 0) is 11.3 Å². The minimum absolute atomic E-state index is 0.0870. The van der Waals surface area contributed by atoms with Crippen LogP contribution in [0.5, 0.6) is 0 Å². The largest absolute Gasteiger partial charge is 0.375 e. The molecule has 5 heteroatoms. The van der Waals surface area contributed by atoms with Gasteiger partial charge in [0, 0.05) is 50.0 Å². The lowest BCUT2D eigenvalue weighted by Gasteiger charge is -2.26. The van der Waals surface area contributed by atoms with Crippen molar-refractivity contribution >= 4 is 23.2 Å². The third-order valence-corrected chi connectivity index (χ3v) is 5.07. The lowest BCUT2D eigenvalue weighted by Crippen LogP contribution is -2.35. The zero-order valence-corrected chi connectivity index (χ0v) is 16.1. The van der Waals surface area contributed by atoms with Crippen molar-refractivity contribution in [3.8, 4) is 0 Å². The van der Waals surface area contributed by atoms with E-state index in [-0.39, 0.29) is 11.8 Å². The number of rotatable bonds is 6. The van der Waals surface area contributed by atoms with Crippen LogP contribution < -0.4 is 15.1 Å². The molecule has 0 aromatic heterocycles. The van der Waals surface area contributed by atoms with Gasteiger partial charge in [-0.1, -0.05) is 12.1 Å². The van der Waals surface area contributed by atoms with Gasteiger partial charge < -0.3 is 15.1 Å². The van der Waals surface area contributed by atoms with Crippen molar-refractivity contribution in [1.82, 2.24) is 5.32 Å².